The van der Waals surface area contributed by atoms with Crippen molar-refractivity contribution in [2.75, 3.05) is 56.0 Å². The molecule has 0 aromatic heterocycles. The minimum Gasteiger partial charge on any atom is -0.324 e. The molecule has 4 rings (SSSR count). The summed E-state index contributed by atoms with van der Waals surface area (Å²) in [6, 6.07) is 14.9. The topological polar surface area (TPSA) is 79.7 Å². The van der Waals surface area contributed by atoms with Gasteiger partial charge in [-0.25, -0.2) is 0 Å². The minimum atomic E-state index is -0.183. The Balaban J connectivity index is 1.25. The van der Waals surface area contributed by atoms with E-state index in [0.717, 1.165) is 31.7 Å². The van der Waals surface area contributed by atoms with Crippen molar-refractivity contribution in [2.45, 2.75) is 6.42 Å². The lowest BCUT2D eigenvalue weighted by Gasteiger charge is -2.34. The Bertz CT molecular complexity index is 1030. The van der Waals surface area contributed by atoms with Crippen LogP contribution in [0.1, 0.15) is 11.1 Å². The van der Waals surface area contributed by atoms with Gasteiger partial charge in [-0.15, -0.1) is 0 Å². The number of piperazine rings is 1. The predicted molar refractivity (Wildman–Crippen MR) is 120 cm³/mol. The summed E-state index contributed by atoms with van der Waals surface area (Å²) in [4.78, 5) is 31.3. The molecule has 1 fully saturated rings. The maximum absolute atomic E-state index is 12.8. The monoisotopic (exact) mass is 437 g/mol. The third kappa shape index (κ3) is 5.05. The first-order valence-corrected chi connectivity index (χ1v) is 10.7. The molecule has 2 heterocycles. The van der Waals surface area contributed by atoms with Gasteiger partial charge >= 0.3 is 0 Å². The molecule has 0 spiro atoms. The van der Waals surface area contributed by atoms with Crippen LogP contribution in [0.4, 0.5) is 11.4 Å². The summed E-state index contributed by atoms with van der Waals surface area (Å²) in [7, 11) is 0. The van der Waals surface area contributed by atoms with Crippen LogP contribution in [0.5, 0.6) is 0 Å². The van der Waals surface area contributed by atoms with Gasteiger partial charge in [0.15, 0.2) is 0 Å². The second-order valence-electron chi connectivity index (χ2n) is 7.83. The van der Waals surface area contributed by atoms with Crippen LogP contribution in [0.25, 0.3) is 0 Å². The predicted octanol–water partition coefficient (Wildman–Crippen LogP) is 2.36. The van der Waals surface area contributed by atoms with E-state index in [2.05, 4.69) is 27.3 Å². The normalized spacial score (nSPS) is 16.6. The van der Waals surface area contributed by atoms with E-state index in [9.17, 15) is 14.9 Å². The Hall–Kier alpha value is -2.92. The fraction of sp³-hybridized carbons (Fsp3) is 0.348. The van der Waals surface area contributed by atoms with Crippen molar-refractivity contribution >= 4 is 34.8 Å². The molecule has 0 atom stereocenters. The number of hydrogen-bond acceptors (Lipinski definition) is 5. The second-order valence-corrected chi connectivity index (χ2v) is 8.26. The molecule has 1 saturated heterocycles. The molecule has 2 aromatic carbocycles. The molecule has 7 nitrogen and oxygen atoms in total. The zero-order valence-corrected chi connectivity index (χ0v) is 17.9. The highest BCUT2D eigenvalue weighted by Crippen LogP contribution is 2.27. The number of nitriles is 1. The Labute approximate surface area is 186 Å². The Morgan fingerprint density at radius 2 is 1.71 bits per heavy atom. The lowest BCUT2D eigenvalue weighted by molar-refractivity contribution is -0.121. The minimum absolute atomic E-state index is 0.126. The maximum Gasteiger partial charge on any atom is 0.241 e. The van der Waals surface area contributed by atoms with E-state index in [4.69, 9.17) is 11.6 Å². The highest BCUT2D eigenvalue weighted by atomic mass is 35.5. The zero-order valence-electron chi connectivity index (χ0n) is 17.2. The number of carbonyl (C=O) groups is 2. The summed E-state index contributed by atoms with van der Waals surface area (Å²) < 4.78 is 0. The number of nitrogens with one attached hydrogen (secondary N) is 1. The third-order valence-corrected chi connectivity index (χ3v) is 5.99. The van der Waals surface area contributed by atoms with Gasteiger partial charge in [-0.2, -0.15) is 5.26 Å². The fourth-order valence-corrected chi connectivity index (χ4v) is 4.26. The highest BCUT2D eigenvalue weighted by molar-refractivity contribution is 6.31. The molecule has 0 saturated carbocycles. The van der Waals surface area contributed by atoms with Crippen molar-refractivity contribution in [1.29, 1.82) is 5.26 Å². The molecule has 0 bridgehead atoms. The van der Waals surface area contributed by atoms with Gasteiger partial charge in [-0.1, -0.05) is 29.8 Å². The van der Waals surface area contributed by atoms with E-state index in [1.54, 1.807) is 18.2 Å². The number of rotatable bonds is 5. The average molecular weight is 438 g/mol. The van der Waals surface area contributed by atoms with Crippen molar-refractivity contribution in [3.05, 3.63) is 58.6 Å². The average Bonchev–Trinajstić information content (AvgIpc) is 3.19. The van der Waals surface area contributed by atoms with Crippen LogP contribution in [-0.4, -0.2) is 67.4 Å². The van der Waals surface area contributed by atoms with Crippen LogP contribution >= 0.6 is 11.6 Å². The Morgan fingerprint density at radius 3 is 2.45 bits per heavy atom. The lowest BCUT2D eigenvalue weighted by Crippen LogP contribution is -2.51. The summed E-state index contributed by atoms with van der Waals surface area (Å²) in [6.07, 6.45) is 0.908. The zero-order chi connectivity index (χ0) is 21.8. The molecular formula is C23H24ClN5O2. The number of para-hydroxylation sites is 1. The molecule has 2 amide bonds. The largest absolute Gasteiger partial charge is 0.324 e. The van der Waals surface area contributed by atoms with E-state index in [0.29, 0.717) is 35.9 Å². The third-order valence-electron chi connectivity index (χ3n) is 5.76. The lowest BCUT2D eigenvalue weighted by atomic mass is 10.2. The number of anilines is 2. The molecule has 0 radical (unpaired) electrons. The van der Waals surface area contributed by atoms with E-state index < -0.39 is 0 Å². The van der Waals surface area contributed by atoms with E-state index >= 15 is 0 Å². The number of nitrogens with zero attached hydrogens (tertiary/aromatic N) is 4. The molecule has 8 heteroatoms. The summed E-state index contributed by atoms with van der Waals surface area (Å²) in [6.45, 7) is 4.24. The Morgan fingerprint density at radius 1 is 1.00 bits per heavy atom. The summed E-state index contributed by atoms with van der Waals surface area (Å²) >= 11 is 5.97. The van der Waals surface area contributed by atoms with Gasteiger partial charge in [0.05, 0.1) is 24.3 Å². The van der Waals surface area contributed by atoms with E-state index in [1.165, 1.54) is 5.56 Å². The second kappa shape index (κ2) is 9.48. The van der Waals surface area contributed by atoms with Crippen LogP contribution in [0, 0.1) is 11.3 Å². The molecule has 160 valence electrons. The number of benzene rings is 2. The standard InChI is InChI=1S/C23H24ClN5O2/c24-19-6-5-18(14-25)20(13-19)26-22(30)15-27-9-11-28(12-10-27)16-23(31)29-8-7-17-3-1-2-4-21(17)29/h1-6,13H,7-12,15-16H2,(H,26,30). The van der Waals surface area contributed by atoms with Crippen LogP contribution in [0.3, 0.4) is 0 Å². The first-order chi connectivity index (χ1) is 15.0. The summed E-state index contributed by atoms with van der Waals surface area (Å²) in [5.74, 6) is -0.0573. The van der Waals surface area contributed by atoms with Gasteiger partial charge < -0.3 is 10.2 Å². The number of fused-ring (bicyclic) bond motifs is 1. The molecule has 31 heavy (non-hydrogen) atoms. The van der Waals surface area contributed by atoms with Crippen molar-refractivity contribution in [2.24, 2.45) is 0 Å². The van der Waals surface area contributed by atoms with Crippen LogP contribution < -0.4 is 10.2 Å². The van der Waals surface area contributed by atoms with Crippen LogP contribution in [0.15, 0.2) is 42.5 Å². The van der Waals surface area contributed by atoms with E-state index in [-0.39, 0.29) is 18.4 Å². The van der Waals surface area contributed by atoms with Gasteiger partial charge in [-0.3, -0.25) is 19.4 Å². The molecule has 2 aliphatic heterocycles. The first-order valence-electron chi connectivity index (χ1n) is 10.4. The van der Waals surface area contributed by atoms with Crippen molar-refractivity contribution in [3.8, 4) is 6.07 Å². The number of amides is 2. The first kappa shape index (κ1) is 21.3. The number of halogens is 1. The van der Waals surface area contributed by atoms with Crippen LogP contribution in [-0.2, 0) is 16.0 Å². The van der Waals surface area contributed by atoms with Gasteiger partial charge in [0.1, 0.15) is 6.07 Å². The Kier molecular flexibility index (Phi) is 6.52. The fourth-order valence-electron chi connectivity index (χ4n) is 4.09. The SMILES string of the molecule is N#Cc1ccc(Cl)cc1NC(=O)CN1CCN(CC(=O)N2CCc3ccccc32)CC1. The maximum atomic E-state index is 12.8. The molecular weight excluding hydrogens is 414 g/mol. The van der Waals surface area contributed by atoms with Gasteiger partial charge in [0.25, 0.3) is 0 Å². The molecule has 0 unspecified atom stereocenters. The molecule has 1 N–H and O–H groups in total. The number of carbonyl (C=O) groups excluding carboxylic acids is 2. The van der Waals surface area contributed by atoms with Crippen LogP contribution in [0.2, 0.25) is 5.02 Å². The quantitative estimate of drug-likeness (QED) is 0.776. The van der Waals surface area contributed by atoms with Gasteiger partial charge in [-0.05, 0) is 36.2 Å². The van der Waals surface area contributed by atoms with Crippen molar-refractivity contribution in [3.63, 3.8) is 0 Å². The molecule has 2 aliphatic rings. The summed E-state index contributed by atoms with van der Waals surface area (Å²) in [5, 5.41) is 12.4. The van der Waals surface area contributed by atoms with Gasteiger partial charge in [0, 0.05) is 43.4 Å². The smallest absolute Gasteiger partial charge is 0.241 e. The van der Waals surface area contributed by atoms with E-state index in [1.807, 2.05) is 23.1 Å². The van der Waals surface area contributed by atoms with Gasteiger partial charge in [0.2, 0.25) is 11.8 Å². The van der Waals surface area contributed by atoms with Crippen molar-refractivity contribution in [1.82, 2.24) is 9.80 Å². The summed E-state index contributed by atoms with van der Waals surface area (Å²) in [5.41, 5.74) is 3.06. The highest BCUT2D eigenvalue weighted by Gasteiger charge is 2.27. The van der Waals surface area contributed by atoms with Crippen molar-refractivity contribution < 1.29 is 9.59 Å². The molecule has 2 aromatic rings. The molecule has 0 aliphatic carbocycles. The number of hydrogen-bond donors (Lipinski definition) is 1.